The van der Waals surface area contributed by atoms with Crippen LogP contribution in [0, 0.1) is 0 Å². The summed E-state index contributed by atoms with van der Waals surface area (Å²) in [6.45, 7) is 0. The molecule has 0 aliphatic heterocycles. The molecule has 4 heteroatoms. The largest absolute Gasteiger partial charge is 0.375 e. The number of nitrogens with two attached hydrogens (primary N) is 1. The highest BCUT2D eigenvalue weighted by atomic mass is 27.0. The van der Waals surface area contributed by atoms with E-state index in [0.29, 0.717) is 0 Å². The molecule has 0 bridgehead atoms. The van der Waals surface area contributed by atoms with Crippen molar-refractivity contribution in [2.75, 3.05) is 0 Å². The molecule has 0 unspecified atom stereocenters. The fourth-order valence-electron chi connectivity index (χ4n) is 0.0481. The minimum atomic E-state index is -0.417. The first-order valence-electron chi connectivity index (χ1n) is 1.41. The Morgan fingerprint density at radius 2 is 2.50 bits per heavy atom. The summed E-state index contributed by atoms with van der Waals surface area (Å²) >= 11 is 2.18. The van der Waals surface area contributed by atoms with E-state index in [4.69, 9.17) is 0 Å². The van der Waals surface area contributed by atoms with Crippen molar-refractivity contribution in [2.45, 2.75) is 5.28 Å². The predicted molar refractivity (Wildman–Crippen MR) is 20.8 cm³/mol. The molecule has 0 rings (SSSR count). The number of rotatable bonds is 1. The van der Waals surface area contributed by atoms with Crippen molar-refractivity contribution in [3.63, 3.8) is 0 Å². The lowest BCUT2D eigenvalue weighted by atomic mass is 10.8. The molecule has 6 heavy (non-hydrogen) atoms. The highest BCUT2D eigenvalue weighted by Gasteiger charge is 1.87. The zero-order chi connectivity index (χ0) is 4.99. The molecule has 2 N–H and O–H groups in total. The Labute approximate surface area is 43.8 Å². The maximum absolute atomic E-state index is 9.81. The van der Waals surface area contributed by atoms with Gasteiger partial charge in [0, 0.05) is 0 Å². The molecule has 0 spiro atoms. The topological polar surface area (TPSA) is 52.3 Å². The van der Waals surface area contributed by atoms with Crippen LogP contribution in [0.1, 0.15) is 0 Å². The maximum atomic E-state index is 9.81. The standard InChI is InChI=1S/C2H4NO2.Al/c1-2(4)5-3;/h1,3H2;. The predicted octanol–water partition coefficient (Wildman–Crippen LogP) is -1.01. The summed E-state index contributed by atoms with van der Waals surface area (Å²) in [6, 6.07) is 0. The summed E-state index contributed by atoms with van der Waals surface area (Å²) < 4.78 is 0. The fraction of sp³-hybridized carbons (Fsp3) is 0.500. The van der Waals surface area contributed by atoms with Crippen molar-refractivity contribution in [2.24, 2.45) is 5.90 Å². The van der Waals surface area contributed by atoms with Gasteiger partial charge in [0.25, 0.3) is 0 Å². The molecule has 0 saturated carbocycles. The normalized spacial score (nSPS) is 7.50. The first-order valence-corrected chi connectivity index (χ1v) is 2.22. The quantitative estimate of drug-likeness (QED) is 0.340. The van der Waals surface area contributed by atoms with Gasteiger partial charge in [-0.3, -0.25) is 4.79 Å². The van der Waals surface area contributed by atoms with Crippen LogP contribution < -0.4 is 5.90 Å². The van der Waals surface area contributed by atoms with Crippen LogP contribution in [0.2, 0.25) is 5.28 Å². The number of carbonyl (C=O) groups excluding carboxylic acids is 1. The van der Waals surface area contributed by atoms with E-state index >= 15 is 0 Å². The molecule has 0 atom stereocenters. The van der Waals surface area contributed by atoms with Crippen molar-refractivity contribution in [3.8, 4) is 0 Å². The maximum Gasteiger partial charge on any atom is 0.309 e. The molecule has 2 radical (unpaired) electrons. The summed E-state index contributed by atoms with van der Waals surface area (Å²) in [5.41, 5.74) is 0. The molecule has 32 valence electrons. The highest BCUT2D eigenvalue weighted by molar-refractivity contribution is 6.18. The fourth-order valence-corrected chi connectivity index (χ4v) is 0.144. The molecular weight excluding hydrogens is 97.0 g/mol. The van der Waals surface area contributed by atoms with Gasteiger partial charge in [0.2, 0.25) is 0 Å². The third kappa shape index (κ3) is 2.21. The summed E-state index contributed by atoms with van der Waals surface area (Å²) in [4.78, 5) is 13.6. The van der Waals surface area contributed by atoms with Gasteiger partial charge in [-0.15, -0.1) is 0 Å². The van der Waals surface area contributed by atoms with Crippen LogP contribution in [0.25, 0.3) is 0 Å². The van der Waals surface area contributed by atoms with E-state index in [9.17, 15) is 4.79 Å². The van der Waals surface area contributed by atoms with Crippen LogP contribution in [0.4, 0.5) is 0 Å². The van der Waals surface area contributed by atoms with Crippen molar-refractivity contribution in [3.05, 3.63) is 0 Å². The Hall–Kier alpha value is -0.0375. The van der Waals surface area contributed by atoms with Gasteiger partial charge in [0.1, 0.15) is 16.3 Å². The number of hydrogen-bond acceptors (Lipinski definition) is 3. The zero-order valence-corrected chi connectivity index (χ0v) is 4.33. The Morgan fingerprint density at radius 1 is 2.00 bits per heavy atom. The molecule has 0 aromatic heterocycles. The van der Waals surface area contributed by atoms with Gasteiger partial charge in [-0.1, -0.05) is 0 Å². The lowest BCUT2D eigenvalue weighted by Gasteiger charge is -1.86. The summed E-state index contributed by atoms with van der Waals surface area (Å²) in [6.07, 6.45) is 0. The number of hydrogen-bond donors (Lipinski definition) is 1. The van der Waals surface area contributed by atoms with Gasteiger partial charge in [0.05, 0.1) is 0 Å². The minimum Gasteiger partial charge on any atom is -0.375 e. The Morgan fingerprint density at radius 3 is 2.50 bits per heavy atom. The van der Waals surface area contributed by atoms with Crippen LogP contribution in [0.5, 0.6) is 0 Å². The van der Waals surface area contributed by atoms with Gasteiger partial charge >= 0.3 is 5.97 Å². The van der Waals surface area contributed by atoms with Crippen LogP contribution >= 0.6 is 0 Å². The SMILES string of the molecule is NOC(=O)[CH2][Al]. The van der Waals surface area contributed by atoms with Crippen LogP contribution in [-0.4, -0.2) is 22.3 Å². The van der Waals surface area contributed by atoms with E-state index in [-0.39, 0.29) is 5.28 Å². The van der Waals surface area contributed by atoms with Crippen LogP contribution in [-0.2, 0) is 9.63 Å². The van der Waals surface area contributed by atoms with Crippen molar-refractivity contribution >= 4 is 22.3 Å². The van der Waals surface area contributed by atoms with E-state index in [2.05, 4.69) is 27.0 Å². The first-order chi connectivity index (χ1) is 2.81. The van der Waals surface area contributed by atoms with E-state index in [0.717, 1.165) is 0 Å². The lowest BCUT2D eigenvalue weighted by Crippen LogP contribution is -2.07. The third-order valence-corrected chi connectivity index (χ3v) is 0.631. The molecule has 0 amide bonds. The average molecular weight is 101 g/mol. The van der Waals surface area contributed by atoms with Crippen LogP contribution in [0.15, 0.2) is 0 Å². The van der Waals surface area contributed by atoms with Crippen molar-refractivity contribution in [1.29, 1.82) is 0 Å². The van der Waals surface area contributed by atoms with E-state index in [1.807, 2.05) is 0 Å². The lowest BCUT2D eigenvalue weighted by molar-refractivity contribution is -0.141. The third-order valence-electron chi connectivity index (χ3n) is 0.298. The Kier molecular flexibility index (Phi) is 3.14. The molecule has 0 heterocycles. The second-order valence-corrected chi connectivity index (χ2v) is 1.10. The Bertz CT molecular complexity index is 49.5. The molecular formula is C2H4AlNO2. The molecule has 0 fully saturated rings. The van der Waals surface area contributed by atoms with Gasteiger partial charge in [-0.05, 0) is 5.28 Å². The van der Waals surface area contributed by atoms with Gasteiger partial charge in [0.15, 0.2) is 0 Å². The zero-order valence-electron chi connectivity index (χ0n) is 3.18. The van der Waals surface area contributed by atoms with E-state index < -0.39 is 5.97 Å². The Balaban J connectivity index is 2.99. The smallest absolute Gasteiger partial charge is 0.309 e. The minimum absolute atomic E-state index is 0.260. The molecule has 0 aromatic carbocycles. The van der Waals surface area contributed by atoms with Gasteiger partial charge in [-0.2, -0.15) is 5.90 Å². The molecule has 0 aliphatic rings. The summed E-state index contributed by atoms with van der Waals surface area (Å²) in [5.74, 6) is 4.00. The van der Waals surface area contributed by atoms with Crippen molar-refractivity contribution < 1.29 is 9.63 Å². The molecule has 3 nitrogen and oxygen atoms in total. The average Bonchev–Trinajstić information content (AvgIpc) is 1.65. The van der Waals surface area contributed by atoms with E-state index in [1.54, 1.807) is 0 Å². The summed E-state index contributed by atoms with van der Waals surface area (Å²) in [7, 11) is 0. The van der Waals surface area contributed by atoms with Gasteiger partial charge in [-0.25, -0.2) is 0 Å². The van der Waals surface area contributed by atoms with E-state index in [1.165, 1.54) is 0 Å². The summed E-state index contributed by atoms with van der Waals surface area (Å²) in [5, 5.41) is 0.260. The second kappa shape index (κ2) is 3.16. The second-order valence-electron chi connectivity index (χ2n) is 0.694. The van der Waals surface area contributed by atoms with Crippen molar-refractivity contribution in [1.82, 2.24) is 0 Å². The number of carbonyl (C=O) groups is 1. The van der Waals surface area contributed by atoms with Crippen LogP contribution in [0.3, 0.4) is 0 Å². The molecule has 0 saturated heterocycles. The molecule has 0 aromatic rings. The van der Waals surface area contributed by atoms with Gasteiger partial charge < -0.3 is 4.84 Å². The first kappa shape index (κ1) is 5.96. The highest BCUT2D eigenvalue weighted by Crippen LogP contribution is 1.70. The molecule has 0 aliphatic carbocycles. The monoisotopic (exact) mass is 101 g/mol.